The van der Waals surface area contributed by atoms with Crippen molar-refractivity contribution in [1.82, 2.24) is 25.0 Å². The fourth-order valence-electron chi connectivity index (χ4n) is 7.59. The number of amides is 4. The van der Waals surface area contributed by atoms with E-state index in [2.05, 4.69) is 43.3 Å². The van der Waals surface area contributed by atoms with Crippen molar-refractivity contribution in [1.29, 1.82) is 0 Å². The first-order valence-corrected chi connectivity index (χ1v) is 16.8. The molecule has 1 aromatic heterocycles. The standard InChI is InChI=1S/C34H48N8O3/c35-28(33(44)37-25-7-2-1-3-8-25)11-12-31(36)40-17-5-6-24(23-40)22-39-18-13-26(14-19-39)41-20-15-27-29(41)9-4-10-30(27)42-21-16-32(43)38-34(42)45/h4,9-12,15,20,24-26H,1-3,5-8,13-14,16-19,21-23,35-36H2,(H,37,44)(H,38,43,45)/b28-11-,31-12+. The molecule has 4 aliphatic rings. The number of carbonyl (C=O) groups excluding carboxylic acids is 3. The molecule has 4 fully saturated rings. The molecule has 1 aromatic carbocycles. The summed E-state index contributed by atoms with van der Waals surface area (Å²) in [5.41, 5.74) is 14.7. The van der Waals surface area contributed by atoms with Gasteiger partial charge in [-0.3, -0.25) is 19.8 Å². The maximum absolute atomic E-state index is 12.5. The zero-order chi connectivity index (χ0) is 31.3. The van der Waals surface area contributed by atoms with Crippen LogP contribution in [0.1, 0.15) is 70.3 Å². The van der Waals surface area contributed by atoms with E-state index in [0.717, 1.165) is 94.3 Å². The van der Waals surface area contributed by atoms with Gasteiger partial charge in [-0.15, -0.1) is 0 Å². The van der Waals surface area contributed by atoms with Crippen molar-refractivity contribution in [3.63, 3.8) is 0 Å². The van der Waals surface area contributed by atoms with Crippen LogP contribution in [0.3, 0.4) is 0 Å². The number of hydrogen-bond donors (Lipinski definition) is 4. The second-order valence-electron chi connectivity index (χ2n) is 13.2. The average molecular weight is 617 g/mol. The lowest BCUT2D eigenvalue weighted by molar-refractivity contribution is -0.120. The highest BCUT2D eigenvalue weighted by Gasteiger charge is 2.29. The van der Waals surface area contributed by atoms with Crippen molar-refractivity contribution in [3.8, 4) is 0 Å². The molecule has 242 valence electrons. The fourth-order valence-corrected chi connectivity index (χ4v) is 7.59. The van der Waals surface area contributed by atoms with Crippen molar-refractivity contribution >= 4 is 34.4 Å². The smallest absolute Gasteiger partial charge is 0.328 e. The maximum atomic E-state index is 12.5. The summed E-state index contributed by atoms with van der Waals surface area (Å²) in [6.07, 6.45) is 15.9. The van der Waals surface area contributed by atoms with Gasteiger partial charge in [0.1, 0.15) is 0 Å². The normalized spacial score (nSPS) is 23.4. The van der Waals surface area contributed by atoms with Crippen molar-refractivity contribution in [2.75, 3.05) is 44.2 Å². The molecule has 1 atom stereocenters. The summed E-state index contributed by atoms with van der Waals surface area (Å²) in [5.74, 6) is 0.781. The Morgan fingerprint density at radius 2 is 1.73 bits per heavy atom. The lowest BCUT2D eigenvalue weighted by Crippen LogP contribution is -2.49. The fraction of sp³-hybridized carbons (Fsp3) is 0.559. The first-order chi connectivity index (χ1) is 21.9. The lowest BCUT2D eigenvalue weighted by Gasteiger charge is -2.39. The Bertz CT molecular complexity index is 1450. The van der Waals surface area contributed by atoms with Gasteiger partial charge < -0.3 is 31.2 Å². The van der Waals surface area contributed by atoms with E-state index in [4.69, 9.17) is 11.5 Å². The third-order valence-electron chi connectivity index (χ3n) is 10.1. The number of nitrogens with one attached hydrogen (secondary N) is 2. The number of allylic oxidation sites excluding steroid dienone is 2. The van der Waals surface area contributed by atoms with Gasteiger partial charge in [0.15, 0.2) is 0 Å². The van der Waals surface area contributed by atoms with E-state index >= 15 is 0 Å². The van der Waals surface area contributed by atoms with Crippen LogP contribution in [0, 0.1) is 5.92 Å². The highest BCUT2D eigenvalue weighted by molar-refractivity contribution is 6.09. The molecular formula is C34H48N8O3. The van der Waals surface area contributed by atoms with Crippen molar-refractivity contribution < 1.29 is 14.4 Å². The van der Waals surface area contributed by atoms with Gasteiger partial charge in [-0.2, -0.15) is 0 Å². The molecule has 4 amide bonds. The number of hydrogen-bond acceptors (Lipinski definition) is 7. The van der Waals surface area contributed by atoms with Gasteiger partial charge in [0.25, 0.3) is 5.91 Å². The lowest BCUT2D eigenvalue weighted by atomic mass is 9.95. The molecule has 1 saturated carbocycles. The van der Waals surface area contributed by atoms with Crippen LogP contribution in [0.5, 0.6) is 0 Å². The van der Waals surface area contributed by atoms with E-state index < -0.39 is 0 Å². The SMILES string of the molecule is N/C(=C\C=C(/N)N1CCCC(CN2CCC(n3ccc4c(N5CCC(=O)NC5=O)cccc43)CC2)C1)C(=O)NC1CCCCC1. The van der Waals surface area contributed by atoms with Crippen LogP contribution in [0.25, 0.3) is 10.9 Å². The topological polar surface area (TPSA) is 142 Å². The Kier molecular flexibility index (Phi) is 9.63. The van der Waals surface area contributed by atoms with Crippen molar-refractivity contribution in [2.24, 2.45) is 17.4 Å². The van der Waals surface area contributed by atoms with Crippen LogP contribution in [-0.2, 0) is 9.59 Å². The molecule has 11 nitrogen and oxygen atoms in total. The Hall–Kier alpha value is -3.99. The molecule has 6 N–H and O–H groups in total. The van der Waals surface area contributed by atoms with E-state index in [0.29, 0.717) is 30.7 Å². The van der Waals surface area contributed by atoms with Gasteiger partial charge >= 0.3 is 6.03 Å². The third-order valence-corrected chi connectivity index (χ3v) is 10.1. The third kappa shape index (κ3) is 7.30. The Labute approximate surface area is 265 Å². The molecule has 3 saturated heterocycles. The predicted octanol–water partition coefficient (Wildman–Crippen LogP) is 3.53. The zero-order valence-electron chi connectivity index (χ0n) is 26.3. The van der Waals surface area contributed by atoms with E-state index in [1.807, 2.05) is 12.1 Å². The number of likely N-dealkylation sites (tertiary alicyclic amines) is 2. The van der Waals surface area contributed by atoms with Gasteiger partial charge in [0.05, 0.1) is 22.7 Å². The van der Waals surface area contributed by atoms with Crippen LogP contribution < -0.4 is 27.0 Å². The molecule has 11 heteroatoms. The molecule has 4 heterocycles. The zero-order valence-corrected chi connectivity index (χ0v) is 26.3. The predicted molar refractivity (Wildman–Crippen MR) is 176 cm³/mol. The van der Waals surface area contributed by atoms with Crippen LogP contribution in [-0.4, -0.2) is 77.5 Å². The van der Waals surface area contributed by atoms with Gasteiger partial charge in [0.2, 0.25) is 5.91 Å². The monoisotopic (exact) mass is 616 g/mol. The summed E-state index contributed by atoms with van der Waals surface area (Å²) in [5, 5.41) is 6.54. The second kappa shape index (κ2) is 14.0. The van der Waals surface area contributed by atoms with Gasteiger partial charge in [-0.05, 0) is 74.8 Å². The number of anilines is 1. The van der Waals surface area contributed by atoms with Crippen LogP contribution in [0.4, 0.5) is 10.5 Å². The summed E-state index contributed by atoms with van der Waals surface area (Å²) in [7, 11) is 0. The summed E-state index contributed by atoms with van der Waals surface area (Å²) in [4.78, 5) is 43.2. The molecule has 3 aliphatic heterocycles. The Balaban J connectivity index is 1.00. The number of imide groups is 1. The van der Waals surface area contributed by atoms with Gasteiger partial charge in [-0.25, -0.2) is 4.79 Å². The summed E-state index contributed by atoms with van der Waals surface area (Å²) < 4.78 is 2.37. The van der Waals surface area contributed by atoms with Crippen LogP contribution >= 0.6 is 0 Å². The summed E-state index contributed by atoms with van der Waals surface area (Å²) in [6, 6.07) is 8.46. The quantitative estimate of drug-likeness (QED) is 0.263. The van der Waals surface area contributed by atoms with Crippen molar-refractivity contribution in [3.05, 3.63) is 54.1 Å². The molecule has 6 rings (SSSR count). The largest absolute Gasteiger partial charge is 0.394 e. The Morgan fingerprint density at radius 3 is 2.51 bits per heavy atom. The molecule has 2 aromatic rings. The number of fused-ring (bicyclic) bond motifs is 1. The minimum atomic E-state index is -0.351. The minimum absolute atomic E-state index is 0.202. The van der Waals surface area contributed by atoms with Gasteiger partial charge in [0, 0.05) is 69.4 Å². The van der Waals surface area contributed by atoms with Crippen LogP contribution in [0.15, 0.2) is 54.1 Å². The van der Waals surface area contributed by atoms with Crippen LogP contribution in [0.2, 0.25) is 0 Å². The number of carbonyl (C=O) groups is 3. The molecule has 0 spiro atoms. The average Bonchev–Trinajstić information content (AvgIpc) is 3.49. The second-order valence-corrected chi connectivity index (χ2v) is 13.2. The Morgan fingerprint density at radius 1 is 0.933 bits per heavy atom. The summed E-state index contributed by atoms with van der Waals surface area (Å²) >= 11 is 0. The molecule has 0 radical (unpaired) electrons. The number of benzene rings is 1. The number of piperidine rings is 2. The van der Waals surface area contributed by atoms with Gasteiger partial charge in [-0.1, -0.05) is 25.3 Å². The number of urea groups is 1. The highest BCUT2D eigenvalue weighted by Crippen LogP contribution is 2.34. The molecule has 1 unspecified atom stereocenters. The summed E-state index contributed by atoms with van der Waals surface area (Å²) in [6.45, 7) is 5.36. The molecule has 45 heavy (non-hydrogen) atoms. The number of rotatable bonds is 8. The first-order valence-electron chi connectivity index (χ1n) is 16.8. The first kappa shape index (κ1) is 31.0. The molecule has 1 aliphatic carbocycles. The minimum Gasteiger partial charge on any atom is -0.394 e. The van der Waals surface area contributed by atoms with E-state index in [1.54, 1.807) is 17.1 Å². The highest BCUT2D eigenvalue weighted by atomic mass is 16.2. The number of nitrogens with two attached hydrogens (primary N) is 2. The van der Waals surface area contributed by atoms with E-state index in [9.17, 15) is 14.4 Å². The van der Waals surface area contributed by atoms with Crippen molar-refractivity contribution in [2.45, 2.75) is 76.3 Å². The number of nitrogens with zero attached hydrogens (tertiary/aromatic N) is 4. The van der Waals surface area contributed by atoms with E-state index in [-0.39, 0.29) is 29.6 Å². The molecular weight excluding hydrogens is 568 g/mol. The molecule has 0 bridgehead atoms. The number of aromatic nitrogens is 1. The maximum Gasteiger partial charge on any atom is 0.328 e. The van der Waals surface area contributed by atoms with E-state index in [1.165, 1.54) is 12.8 Å².